The molecule has 2 N–H and O–H groups in total. The average molecular weight is 386 g/mol. The van der Waals surface area contributed by atoms with E-state index in [-0.39, 0.29) is 24.0 Å². The van der Waals surface area contributed by atoms with Crippen molar-refractivity contribution in [2.24, 2.45) is 0 Å². The van der Waals surface area contributed by atoms with Crippen LogP contribution >= 0.6 is 0 Å². The molecule has 144 valence electrons. The number of aromatic hydroxyl groups is 1. The molecule has 0 fully saturated rings. The van der Waals surface area contributed by atoms with Gasteiger partial charge >= 0.3 is 0 Å². The van der Waals surface area contributed by atoms with Crippen LogP contribution in [0.5, 0.6) is 11.5 Å². The maximum absolute atomic E-state index is 12.3. The summed E-state index contributed by atoms with van der Waals surface area (Å²) in [6, 6.07) is 18.6. The van der Waals surface area contributed by atoms with Crippen LogP contribution in [0, 0.1) is 0 Å². The van der Waals surface area contributed by atoms with E-state index in [1.165, 1.54) is 7.11 Å². The lowest BCUT2D eigenvalue weighted by Gasteiger charge is -2.26. The van der Waals surface area contributed by atoms with Crippen LogP contribution in [0.3, 0.4) is 0 Å². The van der Waals surface area contributed by atoms with Crippen LogP contribution in [-0.4, -0.2) is 33.1 Å². The van der Waals surface area contributed by atoms with Crippen LogP contribution in [-0.2, 0) is 4.79 Å². The number of phenolic OH excluding ortho intramolecular Hbond substituents is 1. The molecule has 1 aliphatic heterocycles. The first kappa shape index (κ1) is 17.2. The van der Waals surface area contributed by atoms with E-state index in [2.05, 4.69) is 10.4 Å². The minimum atomic E-state index is -0.250. The first-order valence-corrected chi connectivity index (χ1v) is 9.26. The number of ether oxygens (including phenoxy) is 1. The Morgan fingerprint density at radius 3 is 2.69 bits per heavy atom. The molecule has 1 amide bonds. The third-order valence-electron chi connectivity index (χ3n) is 5.20. The number of nitrogens with one attached hydrogen (secondary N) is 1. The minimum absolute atomic E-state index is 0.0395. The van der Waals surface area contributed by atoms with E-state index < -0.39 is 0 Å². The number of benzene rings is 3. The molecule has 0 aliphatic carbocycles. The second-order valence-corrected chi connectivity index (χ2v) is 6.96. The number of carbonyl (C=O) groups is 1. The third kappa shape index (κ3) is 2.87. The maximum atomic E-state index is 12.3. The molecule has 5 rings (SSSR count). The van der Waals surface area contributed by atoms with Gasteiger partial charge in [-0.15, -0.1) is 10.2 Å². The summed E-state index contributed by atoms with van der Waals surface area (Å²) in [7, 11) is 1.50. The highest BCUT2D eigenvalue weighted by Crippen LogP contribution is 2.42. The van der Waals surface area contributed by atoms with Gasteiger partial charge in [-0.05, 0) is 42.0 Å². The summed E-state index contributed by atoms with van der Waals surface area (Å²) in [5, 5.41) is 22.5. The molecular formula is C22H18N4O3. The van der Waals surface area contributed by atoms with Gasteiger partial charge in [0.25, 0.3) is 0 Å². The van der Waals surface area contributed by atoms with Gasteiger partial charge in [-0.25, -0.2) is 0 Å². The van der Waals surface area contributed by atoms with E-state index in [1.807, 2.05) is 48.5 Å². The van der Waals surface area contributed by atoms with Crippen molar-refractivity contribution in [2.75, 3.05) is 12.4 Å². The Balaban J connectivity index is 1.69. The van der Waals surface area contributed by atoms with Crippen LogP contribution in [0.15, 0.2) is 60.7 Å². The fraction of sp³-hybridized carbons (Fsp3) is 0.136. The summed E-state index contributed by atoms with van der Waals surface area (Å²) in [6.45, 7) is 0. The molecule has 3 aromatic carbocycles. The van der Waals surface area contributed by atoms with Crippen molar-refractivity contribution in [3.63, 3.8) is 0 Å². The molecule has 1 aromatic heterocycles. The monoisotopic (exact) mass is 386 g/mol. The van der Waals surface area contributed by atoms with Gasteiger partial charge in [0.2, 0.25) is 5.91 Å². The van der Waals surface area contributed by atoms with E-state index in [0.29, 0.717) is 11.4 Å². The zero-order valence-electron chi connectivity index (χ0n) is 15.7. The van der Waals surface area contributed by atoms with Crippen molar-refractivity contribution in [1.82, 2.24) is 15.0 Å². The largest absolute Gasteiger partial charge is 0.504 e. The zero-order valence-corrected chi connectivity index (χ0v) is 15.7. The summed E-state index contributed by atoms with van der Waals surface area (Å²) in [5.74, 6) is 0.105. The normalized spacial score (nSPS) is 15.8. The summed E-state index contributed by atoms with van der Waals surface area (Å²) >= 11 is 0. The van der Waals surface area contributed by atoms with Gasteiger partial charge in [0.1, 0.15) is 11.0 Å². The molecule has 0 saturated carbocycles. The van der Waals surface area contributed by atoms with Crippen molar-refractivity contribution in [3.8, 4) is 17.2 Å². The van der Waals surface area contributed by atoms with Crippen LogP contribution in [0.2, 0.25) is 0 Å². The molecular weight excluding hydrogens is 368 g/mol. The highest BCUT2D eigenvalue weighted by Gasteiger charge is 2.30. The number of amides is 1. The molecule has 7 nitrogen and oxygen atoms in total. The number of para-hydroxylation sites is 1. The predicted molar refractivity (Wildman–Crippen MR) is 109 cm³/mol. The molecule has 29 heavy (non-hydrogen) atoms. The topological polar surface area (TPSA) is 89.3 Å². The first-order valence-electron chi connectivity index (χ1n) is 9.26. The molecule has 0 saturated heterocycles. The van der Waals surface area contributed by atoms with Gasteiger partial charge in [-0.1, -0.05) is 24.3 Å². The lowest BCUT2D eigenvalue weighted by atomic mass is 9.84. The molecule has 2 heterocycles. The number of hydrogen-bond acceptors (Lipinski definition) is 5. The molecule has 1 atom stereocenters. The Bertz CT molecular complexity index is 1230. The van der Waals surface area contributed by atoms with Crippen molar-refractivity contribution < 1.29 is 14.6 Å². The summed E-state index contributed by atoms with van der Waals surface area (Å²) in [6.07, 6.45) is 0.260. The Labute approximate surface area is 166 Å². The van der Waals surface area contributed by atoms with Crippen LogP contribution in [0.4, 0.5) is 5.69 Å². The second-order valence-electron chi connectivity index (χ2n) is 6.96. The zero-order chi connectivity index (χ0) is 20.0. The number of fused-ring (bicyclic) bond motifs is 3. The summed E-state index contributed by atoms with van der Waals surface area (Å²) in [5.41, 5.74) is 4.76. The van der Waals surface area contributed by atoms with Crippen molar-refractivity contribution in [2.45, 2.75) is 12.3 Å². The average Bonchev–Trinajstić information content (AvgIpc) is 3.18. The van der Waals surface area contributed by atoms with Crippen molar-refractivity contribution in [3.05, 3.63) is 71.8 Å². The molecule has 0 bridgehead atoms. The SMILES string of the molecule is COc1ccc(C2CC(=O)Nc3ccc4nn(-c5ccccc5)nc4c32)cc1O. The number of carbonyl (C=O) groups excluding carboxylic acids is 1. The molecule has 0 spiro atoms. The van der Waals surface area contributed by atoms with Gasteiger partial charge < -0.3 is 15.2 Å². The number of hydrogen-bond donors (Lipinski definition) is 2. The van der Waals surface area contributed by atoms with Crippen LogP contribution in [0.1, 0.15) is 23.5 Å². The third-order valence-corrected chi connectivity index (χ3v) is 5.20. The smallest absolute Gasteiger partial charge is 0.225 e. The van der Waals surface area contributed by atoms with Gasteiger partial charge in [0.05, 0.1) is 12.8 Å². The number of aromatic nitrogens is 3. The summed E-state index contributed by atoms with van der Waals surface area (Å²) in [4.78, 5) is 13.9. The number of nitrogens with zero attached hydrogens (tertiary/aromatic N) is 3. The number of methoxy groups -OCH3 is 1. The predicted octanol–water partition coefficient (Wildman–Crippen LogP) is 3.61. The highest BCUT2D eigenvalue weighted by atomic mass is 16.5. The fourth-order valence-electron chi connectivity index (χ4n) is 3.84. The summed E-state index contributed by atoms with van der Waals surface area (Å²) < 4.78 is 5.15. The Morgan fingerprint density at radius 2 is 1.93 bits per heavy atom. The van der Waals surface area contributed by atoms with Gasteiger partial charge in [0.15, 0.2) is 11.5 Å². The fourth-order valence-corrected chi connectivity index (χ4v) is 3.84. The highest BCUT2D eigenvalue weighted by molar-refractivity contribution is 5.99. The lowest BCUT2D eigenvalue weighted by molar-refractivity contribution is -0.116. The number of phenols is 1. The van der Waals surface area contributed by atoms with Crippen molar-refractivity contribution >= 4 is 22.6 Å². The lowest BCUT2D eigenvalue weighted by Crippen LogP contribution is -2.23. The van der Waals surface area contributed by atoms with E-state index in [4.69, 9.17) is 9.84 Å². The molecule has 1 aliphatic rings. The Kier molecular flexibility index (Phi) is 3.94. The quantitative estimate of drug-likeness (QED) is 0.561. The first-order chi connectivity index (χ1) is 14.1. The molecule has 7 heteroatoms. The maximum Gasteiger partial charge on any atom is 0.225 e. The standard InChI is InChI=1S/C22H18N4O3/c1-29-19-10-7-13(11-18(19)27)15-12-20(28)23-16-8-9-17-22(21(15)16)25-26(24-17)14-5-3-2-4-6-14/h2-11,15,27H,12H2,1H3,(H,23,28). The number of anilines is 1. The molecule has 0 radical (unpaired) electrons. The van der Waals surface area contributed by atoms with Crippen LogP contribution < -0.4 is 10.1 Å². The Hall–Kier alpha value is -3.87. The second kappa shape index (κ2) is 6.63. The van der Waals surface area contributed by atoms with E-state index in [9.17, 15) is 9.90 Å². The van der Waals surface area contributed by atoms with E-state index in [1.54, 1.807) is 16.9 Å². The molecule has 1 unspecified atom stereocenters. The minimum Gasteiger partial charge on any atom is -0.504 e. The number of rotatable bonds is 3. The van der Waals surface area contributed by atoms with E-state index in [0.717, 1.165) is 27.8 Å². The van der Waals surface area contributed by atoms with Gasteiger partial charge in [-0.3, -0.25) is 4.79 Å². The van der Waals surface area contributed by atoms with Gasteiger partial charge in [-0.2, -0.15) is 4.80 Å². The van der Waals surface area contributed by atoms with Gasteiger partial charge in [0, 0.05) is 23.6 Å². The van der Waals surface area contributed by atoms with Crippen LogP contribution in [0.25, 0.3) is 16.7 Å². The molecule has 4 aromatic rings. The Morgan fingerprint density at radius 1 is 1.10 bits per heavy atom. The van der Waals surface area contributed by atoms with E-state index >= 15 is 0 Å². The van der Waals surface area contributed by atoms with Crippen molar-refractivity contribution in [1.29, 1.82) is 0 Å².